The van der Waals surface area contributed by atoms with Crippen LogP contribution in [0.15, 0.2) is 0 Å². The first-order valence-electron chi connectivity index (χ1n) is 4.85. The molecule has 0 aromatic rings. The summed E-state index contributed by atoms with van der Waals surface area (Å²) in [5.41, 5.74) is 5.05. The van der Waals surface area contributed by atoms with Gasteiger partial charge in [0.25, 0.3) is 0 Å². The first-order chi connectivity index (χ1) is 6.09. The lowest BCUT2D eigenvalue weighted by Crippen LogP contribution is -2.39. The maximum Gasteiger partial charge on any atom is 0.231 e. The molecule has 0 saturated carbocycles. The Morgan fingerprint density at radius 2 is 2.38 bits per heavy atom. The van der Waals surface area contributed by atoms with E-state index in [1.807, 2.05) is 0 Å². The van der Waals surface area contributed by atoms with Gasteiger partial charge < -0.3 is 11.1 Å². The summed E-state index contributed by atoms with van der Waals surface area (Å²) in [7, 11) is 0. The van der Waals surface area contributed by atoms with Gasteiger partial charge in [0.1, 0.15) is 0 Å². The molecule has 1 heterocycles. The zero-order chi connectivity index (χ0) is 9.84. The standard InChI is InChI=1S/C9H19N3O/c1-7(2)12-4-3-8(6-12)11-5-9(10)13/h7-8,11H,3-6H2,1-2H3,(H2,10,13). The Labute approximate surface area is 79.5 Å². The summed E-state index contributed by atoms with van der Waals surface area (Å²) in [6.07, 6.45) is 1.12. The van der Waals surface area contributed by atoms with E-state index in [1.165, 1.54) is 0 Å². The predicted molar refractivity (Wildman–Crippen MR) is 52.3 cm³/mol. The van der Waals surface area contributed by atoms with E-state index in [9.17, 15) is 4.79 Å². The minimum absolute atomic E-state index is 0.275. The van der Waals surface area contributed by atoms with Crippen LogP contribution in [0.1, 0.15) is 20.3 Å². The molecule has 1 aliphatic heterocycles. The highest BCUT2D eigenvalue weighted by atomic mass is 16.1. The smallest absolute Gasteiger partial charge is 0.231 e. The molecule has 1 amide bonds. The van der Waals surface area contributed by atoms with Crippen molar-refractivity contribution in [3.63, 3.8) is 0 Å². The number of carbonyl (C=O) groups excluding carboxylic acids is 1. The van der Waals surface area contributed by atoms with Crippen molar-refractivity contribution >= 4 is 5.91 Å². The molecule has 0 aromatic carbocycles. The van der Waals surface area contributed by atoms with Crippen LogP contribution in [0.5, 0.6) is 0 Å². The molecule has 0 spiro atoms. The molecule has 1 atom stereocenters. The fourth-order valence-corrected chi connectivity index (χ4v) is 1.67. The fourth-order valence-electron chi connectivity index (χ4n) is 1.67. The number of rotatable bonds is 4. The van der Waals surface area contributed by atoms with Crippen molar-refractivity contribution in [1.82, 2.24) is 10.2 Å². The third kappa shape index (κ3) is 3.32. The van der Waals surface area contributed by atoms with Gasteiger partial charge in [0, 0.05) is 18.6 Å². The van der Waals surface area contributed by atoms with Gasteiger partial charge in [-0.3, -0.25) is 9.69 Å². The minimum atomic E-state index is -0.275. The molecule has 0 aliphatic carbocycles. The Hall–Kier alpha value is -0.610. The van der Waals surface area contributed by atoms with Gasteiger partial charge in [-0.2, -0.15) is 0 Å². The molecule has 1 fully saturated rings. The Kier molecular flexibility index (Phi) is 3.69. The lowest BCUT2D eigenvalue weighted by Gasteiger charge is -2.20. The SMILES string of the molecule is CC(C)N1CCC(NCC(N)=O)C1. The predicted octanol–water partition coefficient (Wildman–Crippen LogP) is -0.456. The highest BCUT2D eigenvalue weighted by molar-refractivity contribution is 5.75. The number of likely N-dealkylation sites (tertiary alicyclic amines) is 1. The van der Waals surface area contributed by atoms with Gasteiger partial charge in [-0.25, -0.2) is 0 Å². The molecule has 1 aliphatic rings. The number of nitrogens with two attached hydrogens (primary N) is 1. The van der Waals surface area contributed by atoms with Crippen molar-refractivity contribution in [2.24, 2.45) is 5.73 Å². The van der Waals surface area contributed by atoms with Crippen LogP contribution in [-0.2, 0) is 4.79 Å². The average Bonchev–Trinajstić information content (AvgIpc) is 2.48. The van der Waals surface area contributed by atoms with E-state index >= 15 is 0 Å². The van der Waals surface area contributed by atoms with Crippen molar-refractivity contribution in [2.75, 3.05) is 19.6 Å². The number of carbonyl (C=O) groups is 1. The second kappa shape index (κ2) is 4.58. The number of hydrogen-bond acceptors (Lipinski definition) is 3. The maximum absolute atomic E-state index is 10.5. The van der Waals surface area contributed by atoms with E-state index in [-0.39, 0.29) is 5.91 Å². The molecular formula is C9H19N3O. The number of primary amides is 1. The average molecular weight is 185 g/mol. The highest BCUT2D eigenvalue weighted by Crippen LogP contribution is 2.11. The number of nitrogens with zero attached hydrogens (tertiary/aromatic N) is 1. The molecule has 76 valence electrons. The maximum atomic E-state index is 10.5. The van der Waals surface area contributed by atoms with Gasteiger partial charge in [-0.05, 0) is 26.8 Å². The van der Waals surface area contributed by atoms with E-state index in [1.54, 1.807) is 0 Å². The molecule has 1 rings (SSSR count). The van der Waals surface area contributed by atoms with Crippen LogP contribution in [0.4, 0.5) is 0 Å². The summed E-state index contributed by atoms with van der Waals surface area (Å²) < 4.78 is 0. The summed E-state index contributed by atoms with van der Waals surface area (Å²) in [5.74, 6) is -0.275. The largest absolute Gasteiger partial charge is 0.369 e. The van der Waals surface area contributed by atoms with E-state index in [2.05, 4.69) is 24.1 Å². The molecule has 1 unspecified atom stereocenters. The van der Waals surface area contributed by atoms with Gasteiger partial charge in [0.2, 0.25) is 5.91 Å². The Morgan fingerprint density at radius 1 is 1.69 bits per heavy atom. The van der Waals surface area contributed by atoms with Crippen LogP contribution < -0.4 is 11.1 Å². The quantitative estimate of drug-likeness (QED) is 0.623. The number of amides is 1. The topological polar surface area (TPSA) is 58.4 Å². The van der Waals surface area contributed by atoms with Crippen LogP contribution >= 0.6 is 0 Å². The molecule has 0 bridgehead atoms. The minimum Gasteiger partial charge on any atom is -0.369 e. The van der Waals surface area contributed by atoms with Crippen LogP contribution in [-0.4, -0.2) is 42.5 Å². The molecule has 0 radical (unpaired) electrons. The summed E-state index contributed by atoms with van der Waals surface area (Å²) in [4.78, 5) is 12.9. The van der Waals surface area contributed by atoms with Gasteiger partial charge >= 0.3 is 0 Å². The van der Waals surface area contributed by atoms with Crippen LogP contribution in [0.2, 0.25) is 0 Å². The third-order valence-electron chi connectivity index (χ3n) is 2.51. The first-order valence-corrected chi connectivity index (χ1v) is 4.85. The van der Waals surface area contributed by atoms with Gasteiger partial charge in [0.05, 0.1) is 6.54 Å². The third-order valence-corrected chi connectivity index (χ3v) is 2.51. The van der Waals surface area contributed by atoms with Gasteiger partial charge in [-0.15, -0.1) is 0 Å². The number of hydrogen-bond donors (Lipinski definition) is 2. The second-order valence-corrected chi connectivity index (χ2v) is 3.92. The van der Waals surface area contributed by atoms with E-state index in [0.29, 0.717) is 18.6 Å². The van der Waals surface area contributed by atoms with Gasteiger partial charge in [-0.1, -0.05) is 0 Å². The Morgan fingerprint density at radius 3 is 2.85 bits per heavy atom. The Bertz CT molecular complexity index is 182. The molecule has 3 N–H and O–H groups in total. The summed E-state index contributed by atoms with van der Waals surface area (Å²) in [6, 6.07) is 1.04. The Balaban J connectivity index is 2.21. The van der Waals surface area contributed by atoms with E-state index in [4.69, 9.17) is 5.73 Å². The summed E-state index contributed by atoms with van der Waals surface area (Å²) in [6.45, 7) is 6.84. The number of nitrogens with one attached hydrogen (secondary N) is 1. The van der Waals surface area contributed by atoms with Crippen LogP contribution in [0.25, 0.3) is 0 Å². The van der Waals surface area contributed by atoms with E-state index in [0.717, 1.165) is 19.5 Å². The van der Waals surface area contributed by atoms with Crippen LogP contribution in [0, 0.1) is 0 Å². The second-order valence-electron chi connectivity index (χ2n) is 3.92. The monoisotopic (exact) mass is 185 g/mol. The van der Waals surface area contributed by atoms with Crippen molar-refractivity contribution < 1.29 is 4.79 Å². The first kappa shape index (κ1) is 10.5. The summed E-state index contributed by atoms with van der Waals surface area (Å²) >= 11 is 0. The van der Waals surface area contributed by atoms with Crippen molar-refractivity contribution in [3.05, 3.63) is 0 Å². The lowest BCUT2D eigenvalue weighted by molar-refractivity contribution is -0.117. The fraction of sp³-hybridized carbons (Fsp3) is 0.889. The van der Waals surface area contributed by atoms with Crippen molar-refractivity contribution in [2.45, 2.75) is 32.4 Å². The zero-order valence-electron chi connectivity index (χ0n) is 8.42. The molecule has 4 nitrogen and oxygen atoms in total. The van der Waals surface area contributed by atoms with E-state index < -0.39 is 0 Å². The molecule has 1 saturated heterocycles. The van der Waals surface area contributed by atoms with Crippen molar-refractivity contribution in [3.8, 4) is 0 Å². The highest BCUT2D eigenvalue weighted by Gasteiger charge is 2.23. The normalized spacial score (nSPS) is 24.1. The lowest BCUT2D eigenvalue weighted by atomic mass is 10.2. The molecule has 4 heteroatoms. The molecule has 0 aromatic heterocycles. The van der Waals surface area contributed by atoms with Gasteiger partial charge in [0.15, 0.2) is 0 Å². The summed E-state index contributed by atoms with van der Waals surface area (Å²) in [5, 5.41) is 3.15. The zero-order valence-corrected chi connectivity index (χ0v) is 8.42. The van der Waals surface area contributed by atoms with Crippen molar-refractivity contribution in [1.29, 1.82) is 0 Å². The van der Waals surface area contributed by atoms with Crippen LogP contribution in [0.3, 0.4) is 0 Å². The molecule has 13 heavy (non-hydrogen) atoms. The molecular weight excluding hydrogens is 166 g/mol.